The molecule has 0 fully saturated rings. The maximum atomic E-state index is 12.5. The molecular formula is C79H132N3O16S-. The molecule has 19 nitrogen and oxygen atoms in total. The smallest absolute Gasteiger partial charge is 0.408 e. The number of methoxy groups -OCH3 is 3. The summed E-state index contributed by atoms with van der Waals surface area (Å²) in [5.41, 5.74) is 8.21. The van der Waals surface area contributed by atoms with E-state index in [2.05, 4.69) is 57.5 Å². The summed E-state index contributed by atoms with van der Waals surface area (Å²) in [6.07, 6.45) is 37.7. The summed E-state index contributed by atoms with van der Waals surface area (Å²) in [7, 11) is 0.606. The molecule has 4 atom stereocenters. The fourth-order valence-electron chi connectivity index (χ4n) is 12.2. The minimum Gasteiger partial charge on any atom is -0.748 e. The zero-order valence-corrected chi connectivity index (χ0v) is 64.0. The Morgan fingerprint density at radius 3 is 1.17 bits per heavy atom. The van der Waals surface area contributed by atoms with Crippen LogP contribution < -0.4 is 30.2 Å². The van der Waals surface area contributed by atoms with Crippen LogP contribution in [0.4, 0.5) is 14.4 Å². The van der Waals surface area contributed by atoms with Gasteiger partial charge in [0, 0.05) is 18.8 Å². The van der Waals surface area contributed by atoms with Crippen LogP contribution in [-0.4, -0.2) is 99.6 Å². The largest absolute Gasteiger partial charge is 0.748 e. The summed E-state index contributed by atoms with van der Waals surface area (Å²) in [6.45, 7) is 19.7. The minimum absolute atomic E-state index is 0.0593. The van der Waals surface area contributed by atoms with E-state index >= 15 is 0 Å². The third-order valence-electron chi connectivity index (χ3n) is 18.1. The van der Waals surface area contributed by atoms with Crippen LogP contribution in [0.5, 0.6) is 17.2 Å². The number of benzene rings is 3. The molecule has 3 aromatic carbocycles. The number of hydrogen-bond acceptors (Lipinski definition) is 14. The highest BCUT2D eigenvalue weighted by Gasteiger charge is 2.27. The summed E-state index contributed by atoms with van der Waals surface area (Å²) >= 11 is 0. The van der Waals surface area contributed by atoms with E-state index in [0.29, 0.717) is 25.1 Å². The van der Waals surface area contributed by atoms with Gasteiger partial charge in [0.25, 0.3) is 0 Å². The van der Waals surface area contributed by atoms with Crippen LogP contribution in [0.2, 0.25) is 0 Å². The molecule has 0 aliphatic carbocycles. The fourth-order valence-corrected chi connectivity index (χ4v) is 12.7. The van der Waals surface area contributed by atoms with E-state index in [4.69, 9.17) is 38.6 Å². The topological polar surface area (TPSA) is 274 Å². The van der Waals surface area contributed by atoms with Crippen LogP contribution in [0.3, 0.4) is 0 Å². The SMILES string of the molecule is CCCCCCCCCCCCC(OC(=O)NC(CC(=O)O)C(=O)O)c1ccc(OC)cc1.CCCCCCCCCCCCC(OC(=O)NCCCC)c1c(C)cc(OC)cc1C.CCCCCCCCCCCCC(OC(=O)NCCCS(=O)(=O)[O-])c1c(C)cc(OC)c(C)c1C. The number of amides is 3. The summed E-state index contributed by atoms with van der Waals surface area (Å²) in [6, 6.07) is 11.6. The second-order valence-corrected chi connectivity index (χ2v) is 28.1. The van der Waals surface area contributed by atoms with Gasteiger partial charge in [-0.2, -0.15) is 0 Å². The Hall–Kier alpha value is -6.28. The Morgan fingerprint density at radius 2 is 0.798 bits per heavy atom. The van der Waals surface area contributed by atoms with Crippen molar-refractivity contribution < 1.29 is 75.6 Å². The first kappa shape index (κ1) is 90.7. The van der Waals surface area contributed by atoms with E-state index in [0.717, 1.165) is 114 Å². The highest BCUT2D eigenvalue weighted by Crippen LogP contribution is 2.37. The van der Waals surface area contributed by atoms with Crippen LogP contribution >= 0.6 is 0 Å². The Balaban J connectivity index is 0.000000744. The van der Waals surface area contributed by atoms with Crippen molar-refractivity contribution in [3.8, 4) is 17.2 Å². The fraction of sp³-hybridized carbons (Fsp3) is 0.709. The Bertz CT molecular complexity index is 2750. The molecule has 0 bridgehead atoms. The van der Waals surface area contributed by atoms with Gasteiger partial charge in [-0.15, -0.1) is 0 Å². The number of hydrogen-bond donors (Lipinski definition) is 5. The molecule has 0 aliphatic rings. The van der Waals surface area contributed by atoms with Crippen LogP contribution in [0, 0.1) is 34.6 Å². The second-order valence-electron chi connectivity index (χ2n) is 26.6. The zero-order valence-electron chi connectivity index (χ0n) is 63.2. The number of alkyl carbamates (subject to hydrolysis) is 3. The lowest BCUT2D eigenvalue weighted by Gasteiger charge is -2.24. The number of ether oxygens (including phenoxy) is 6. The molecule has 0 heterocycles. The third-order valence-corrected chi connectivity index (χ3v) is 18.9. The van der Waals surface area contributed by atoms with Crippen LogP contribution in [0.1, 0.15) is 328 Å². The van der Waals surface area contributed by atoms with E-state index in [1.807, 2.05) is 39.0 Å². The monoisotopic (exact) mass is 1410 g/mol. The number of carboxylic acid groups (broad SMARTS) is 2. The number of nitrogens with one attached hydrogen (secondary N) is 3. The lowest BCUT2D eigenvalue weighted by molar-refractivity contribution is -0.145. The van der Waals surface area contributed by atoms with Crippen molar-refractivity contribution in [2.75, 3.05) is 40.2 Å². The zero-order chi connectivity index (χ0) is 73.6. The van der Waals surface area contributed by atoms with Crippen LogP contribution in [0.15, 0.2) is 42.5 Å². The molecule has 3 aromatic rings. The van der Waals surface area contributed by atoms with Gasteiger partial charge in [-0.05, 0) is 161 Å². The Morgan fingerprint density at radius 1 is 0.434 bits per heavy atom. The van der Waals surface area contributed by atoms with E-state index in [1.165, 1.54) is 154 Å². The maximum Gasteiger partial charge on any atom is 0.408 e. The molecule has 99 heavy (non-hydrogen) atoms. The molecule has 566 valence electrons. The van der Waals surface area contributed by atoms with Gasteiger partial charge in [0.15, 0.2) is 0 Å². The standard InChI is InChI=1S/C27H47NO6S.C27H47NO3.C25H39NO7/c1-6-7-8-9-10-11-12-13-14-15-17-24(34-27(29)28-18-16-19-35(30,31)32)26-21(2)20-25(33-5)22(3)23(26)4;1-6-8-10-11-12-13-14-15-16-17-18-25(31-27(29)28-19-9-7-2)26-22(3)20-24(30-5)21-23(26)4;1-3-4-5-6-7-8-9-10-11-12-13-22(19-14-16-20(32-2)17-15-19)33-25(31)26-21(24(29)30)18-23(27)28/h20,24H,6-19H2,1-5H3,(H,28,29)(H,30,31,32);20-21,25H,6-19H2,1-5H3,(H,28,29);14-17,21-22H,3-13,18H2,1-2H3,(H,26,31)(H,27,28)(H,29,30)/p-1. The van der Waals surface area contributed by atoms with Gasteiger partial charge in [0.1, 0.15) is 41.6 Å². The number of rotatable bonds is 53. The number of unbranched alkanes of at least 4 members (excludes halogenated alkanes) is 28. The molecule has 3 amide bonds. The van der Waals surface area contributed by atoms with E-state index in [9.17, 15) is 36.9 Å². The van der Waals surface area contributed by atoms with E-state index in [1.54, 1.807) is 45.6 Å². The van der Waals surface area contributed by atoms with Crippen molar-refractivity contribution in [1.82, 2.24) is 16.0 Å². The highest BCUT2D eigenvalue weighted by atomic mass is 32.2. The normalized spacial score (nSPS) is 12.3. The van der Waals surface area contributed by atoms with Gasteiger partial charge in [0.2, 0.25) is 0 Å². The van der Waals surface area contributed by atoms with Crippen molar-refractivity contribution in [3.05, 3.63) is 87.0 Å². The van der Waals surface area contributed by atoms with Gasteiger partial charge in [-0.1, -0.05) is 220 Å². The van der Waals surface area contributed by atoms with Crippen LogP contribution in [0.25, 0.3) is 0 Å². The number of carbonyl (C=O) groups excluding carboxylic acids is 3. The molecule has 4 unspecified atom stereocenters. The van der Waals surface area contributed by atoms with Crippen molar-refractivity contribution in [2.45, 2.75) is 324 Å². The molecule has 0 saturated carbocycles. The van der Waals surface area contributed by atoms with Gasteiger partial charge in [-0.3, -0.25) is 4.79 Å². The van der Waals surface area contributed by atoms with Gasteiger partial charge < -0.3 is 59.1 Å². The number of carbonyl (C=O) groups is 5. The van der Waals surface area contributed by atoms with Crippen molar-refractivity contribution in [3.63, 3.8) is 0 Å². The molecule has 0 radical (unpaired) electrons. The molecule has 0 aliphatic heterocycles. The molecule has 0 saturated heterocycles. The summed E-state index contributed by atoms with van der Waals surface area (Å²) < 4.78 is 65.6. The lowest BCUT2D eigenvalue weighted by Crippen LogP contribution is -2.42. The first-order valence-corrected chi connectivity index (χ1v) is 39.3. The Kier molecular flexibility index (Phi) is 51.7. The van der Waals surface area contributed by atoms with Gasteiger partial charge in [0.05, 0.1) is 37.9 Å². The van der Waals surface area contributed by atoms with Gasteiger partial charge in [-0.25, -0.2) is 27.6 Å². The molecule has 20 heteroatoms. The van der Waals surface area contributed by atoms with Crippen molar-refractivity contribution in [2.24, 2.45) is 0 Å². The molecular weight excluding hydrogens is 1280 g/mol. The first-order chi connectivity index (χ1) is 47.5. The number of carboxylic acids is 2. The quantitative estimate of drug-likeness (QED) is 0.0200. The molecule has 0 aromatic heterocycles. The summed E-state index contributed by atoms with van der Waals surface area (Å²) in [5.74, 6) is -0.919. The molecule has 0 spiro atoms. The molecule has 3 rings (SSSR count). The van der Waals surface area contributed by atoms with E-state index in [-0.39, 0.29) is 25.2 Å². The predicted octanol–water partition coefficient (Wildman–Crippen LogP) is 20.5. The molecule has 5 N–H and O–H groups in total. The highest BCUT2D eigenvalue weighted by molar-refractivity contribution is 7.85. The summed E-state index contributed by atoms with van der Waals surface area (Å²) in [5, 5.41) is 25.6. The van der Waals surface area contributed by atoms with Crippen LogP contribution in [-0.2, 0) is 33.9 Å². The minimum atomic E-state index is -4.29. The average Bonchev–Trinajstić information content (AvgIpc) is 0.805. The predicted molar refractivity (Wildman–Crippen MR) is 397 cm³/mol. The maximum absolute atomic E-state index is 12.5. The lowest BCUT2D eigenvalue weighted by atomic mass is 9.91. The first-order valence-electron chi connectivity index (χ1n) is 37.7. The van der Waals surface area contributed by atoms with Crippen molar-refractivity contribution in [1.29, 1.82) is 0 Å². The second kappa shape index (κ2) is 56.4. The Labute approximate surface area is 597 Å². The summed E-state index contributed by atoms with van der Waals surface area (Å²) in [4.78, 5) is 59.2. The van der Waals surface area contributed by atoms with E-state index < -0.39 is 64.7 Å². The average molecular weight is 1410 g/mol. The van der Waals surface area contributed by atoms with Gasteiger partial charge >= 0.3 is 30.2 Å². The van der Waals surface area contributed by atoms with Crippen molar-refractivity contribution >= 4 is 40.3 Å². The third kappa shape index (κ3) is 43.2. The number of aryl methyl sites for hydroxylation is 3. The number of aliphatic carboxylic acids is 2.